The Kier molecular flexibility index (Phi) is 4.10. The van der Waals surface area contributed by atoms with Gasteiger partial charge in [0.05, 0.1) is 16.8 Å². The van der Waals surface area contributed by atoms with E-state index in [0.717, 1.165) is 17.2 Å². The Labute approximate surface area is 132 Å². The molecule has 0 saturated carbocycles. The zero-order chi connectivity index (χ0) is 16.1. The lowest BCUT2D eigenvalue weighted by Gasteiger charge is -2.08. The molecule has 0 spiro atoms. The fourth-order valence-corrected chi connectivity index (χ4v) is 1.93. The summed E-state index contributed by atoms with van der Waals surface area (Å²) in [6.07, 6.45) is 2.87. The van der Waals surface area contributed by atoms with E-state index in [-0.39, 0.29) is 5.69 Å². The first-order valence-electron chi connectivity index (χ1n) is 6.86. The van der Waals surface area contributed by atoms with Crippen LogP contribution in [0.3, 0.4) is 0 Å². The van der Waals surface area contributed by atoms with Crippen LogP contribution in [0.5, 0.6) is 0 Å². The molecule has 0 radical (unpaired) electrons. The standard InChI is InChI=1S/C16H13N5O2/c22-21(23)14-7-9-16(18-11-14)20-13-6-8-15(17-10-13)19-12-4-2-1-3-5-12/h1-11H,(H,17,19)(H,18,20). The summed E-state index contributed by atoms with van der Waals surface area (Å²) in [5.74, 6) is 1.24. The third-order valence-electron chi connectivity index (χ3n) is 3.04. The minimum absolute atomic E-state index is 0.0453. The van der Waals surface area contributed by atoms with Gasteiger partial charge in [-0.05, 0) is 30.3 Å². The summed E-state index contributed by atoms with van der Waals surface area (Å²) in [5, 5.41) is 16.8. The molecule has 114 valence electrons. The molecule has 2 aromatic heterocycles. The quantitative estimate of drug-likeness (QED) is 0.549. The molecule has 0 saturated heterocycles. The van der Waals surface area contributed by atoms with Crippen molar-refractivity contribution in [2.45, 2.75) is 0 Å². The minimum atomic E-state index is -0.484. The summed E-state index contributed by atoms with van der Waals surface area (Å²) in [6, 6.07) is 16.4. The van der Waals surface area contributed by atoms with Gasteiger partial charge in [0.2, 0.25) is 0 Å². The number of rotatable bonds is 5. The predicted molar refractivity (Wildman–Crippen MR) is 88.1 cm³/mol. The second kappa shape index (κ2) is 6.52. The molecule has 0 aliphatic carbocycles. The van der Waals surface area contributed by atoms with Gasteiger partial charge in [-0.2, -0.15) is 0 Å². The summed E-state index contributed by atoms with van der Waals surface area (Å²) >= 11 is 0. The first-order chi connectivity index (χ1) is 11.2. The number of nitro groups is 1. The summed E-state index contributed by atoms with van der Waals surface area (Å²) in [4.78, 5) is 18.4. The van der Waals surface area contributed by atoms with Crippen molar-refractivity contribution in [3.63, 3.8) is 0 Å². The van der Waals surface area contributed by atoms with E-state index in [1.807, 2.05) is 42.5 Å². The summed E-state index contributed by atoms with van der Waals surface area (Å²) in [6.45, 7) is 0. The lowest BCUT2D eigenvalue weighted by molar-refractivity contribution is -0.385. The molecule has 2 N–H and O–H groups in total. The Morgan fingerprint density at radius 3 is 2.00 bits per heavy atom. The predicted octanol–water partition coefficient (Wildman–Crippen LogP) is 3.87. The van der Waals surface area contributed by atoms with Crippen molar-refractivity contribution in [1.82, 2.24) is 9.97 Å². The van der Waals surface area contributed by atoms with Crippen LogP contribution < -0.4 is 10.6 Å². The number of nitrogens with zero attached hydrogens (tertiary/aromatic N) is 3. The van der Waals surface area contributed by atoms with Crippen molar-refractivity contribution >= 4 is 28.7 Å². The number of hydrogen-bond donors (Lipinski definition) is 2. The Bertz CT molecular complexity index is 789. The topological polar surface area (TPSA) is 93.0 Å². The molecule has 0 aliphatic rings. The highest BCUT2D eigenvalue weighted by molar-refractivity contribution is 5.61. The lowest BCUT2D eigenvalue weighted by Crippen LogP contribution is -1.97. The number of pyridine rings is 2. The first kappa shape index (κ1) is 14.5. The highest BCUT2D eigenvalue weighted by Crippen LogP contribution is 2.19. The third kappa shape index (κ3) is 3.79. The molecule has 7 nitrogen and oxygen atoms in total. The molecule has 3 rings (SSSR count). The number of anilines is 4. The zero-order valence-electron chi connectivity index (χ0n) is 12.0. The van der Waals surface area contributed by atoms with E-state index in [9.17, 15) is 10.1 Å². The van der Waals surface area contributed by atoms with Gasteiger partial charge in [-0.25, -0.2) is 9.97 Å². The average molecular weight is 307 g/mol. The molecule has 0 aliphatic heterocycles. The van der Waals surface area contributed by atoms with Gasteiger partial charge in [0.1, 0.15) is 17.8 Å². The van der Waals surface area contributed by atoms with Gasteiger partial charge in [-0.3, -0.25) is 10.1 Å². The SMILES string of the molecule is O=[N+]([O-])c1ccc(Nc2ccc(Nc3ccccc3)nc2)nc1. The lowest BCUT2D eigenvalue weighted by atomic mass is 10.3. The Morgan fingerprint density at radius 1 is 0.783 bits per heavy atom. The van der Waals surface area contributed by atoms with Crippen LogP contribution in [0, 0.1) is 10.1 Å². The highest BCUT2D eigenvalue weighted by atomic mass is 16.6. The van der Waals surface area contributed by atoms with Gasteiger partial charge in [-0.15, -0.1) is 0 Å². The molecule has 1 aromatic carbocycles. The van der Waals surface area contributed by atoms with Crippen molar-refractivity contribution in [1.29, 1.82) is 0 Å². The van der Waals surface area contributed by atoms with E-state index in [2.05, 4.69) is 20.6 Å². The van der Waals surface area contributed by atoms with E-state index in [1.165, 1.54) is 12.3 Å². The van der Waals surface area contributed by atoms with Crippen LogP contribution in [-0.4, -0.2) is 14.9 Å². The number of nitrogens with one attached hydrogen (secondary N) is 2. The molecule has 0 bridgehead atoms. The maximum Gasteiger partial charge on any atom is 0.287 e. The van der Waals surface area contributed by atoms with Crippen molar-refractivity contribution in [2.24, 2.45) is 0 Å². The van der Waals surface area contributed by atoms with Gasteiger partial charge in [0.25, 0.3) is 5.69 Å². The van der Waals surface area contributed by atoms with Crippen molar-refractivity contribution in [2.75, 3.05) is 10.6 Å². The second-order valence-corrected chi connectivity index (χ2v) is 4.71. The van der Waals surface area contributed by atoms with Gasteiger partial charge in [0, 0.05) is 11.8 Å². The van der Waals surface area contributed by atoms with Crippen LogP contribution in [-0.2, 0) is 0 Å². The molecule has 0 atom stereocenters. The summed E-state index contributed by atoms with van der Waals surface area (Å²) in [7, 11) is 0. The summed E-state index contributed by atoms with van der Waals surface area (Å²) < 4.78 is 0. The number of para-hydroxylation sites is 1. The van der Waals surface area contributed by atoms with E-state index >= 15 is 0 Å². The summed E-state index contributed by atoms with van der Waals surface area (Å²) in [5.41, 5.74) is 1.65. The van der Waals surface area contributed by atoms with Crippen LogP contribution in [0.4, 0.5) is 28.7 Å². The van der Waals surface area contributed by atoms with Crippen molar-refractivity contribution in [3.05, 3.63) is 77.1 Å². The molecule has 0 fully saturated rings. The molecule has 7 heteroatoms. The first-order valence-corrected chi connectivity index (χ1v) is 6.86. The van der Waals surface area contributed by atoms with E-state index in [4.69, 9.17) is 0 Å². The smallest absolute Gasteiger partial charge is 0.287 e. The third-order valence-corrected chi connectivity index (χ3v) is 3.04. The Hall–Kier alpha value is -3.48. The van der Waals surface area contributed by atoms with Crippen LogP contribution >= 0.6 is 0 Å². The molecule has 0 unspecified atom stereocenters. The molecule has 23 heavy (non-hydrogen) atoms. The molecule has 2 heterocycles. The number of hydrogen-bond acceptors (Lipinski definition) is 6. The highest BCUT2D eigenvalue weighted by Gasteiger charge is 2.05. The molecule has 3 aromatic rings. The number of aromatic nitrogens is 2. The zero-order valence-corrected chi connectivity index (χ0v) is 12.0. The number of benzene rings is 1. The van der Waals surface area contributed by atoms with E-state index < -0.39 is 4.92 Å². The fourth-order valence-electron chi connectivity index (χ4n) is 1.93. The second-order valence-electron chi connectivity index (χ2n) is 4.71. The average Bonchev–Trinajstić information content (AvgIpc) is 2.58. The molecular weight excluding hydrogens is 294 g/mol. The van der Waals surface area contributed by atoms with Gasteiger partial charge in [0.15, 0.2) is 0 Å². The largest absolute Gasteiger partial charge is 0.340 e. The van der Waals surface area contributed by atoms with Crippen molar-refractivity contribution < 1.29 is 4.92 Å². The Morgan fingerprint density at radius 2 is 1.43 bits per heavy atom. The van der Waals surface area contributed by atoms with Gasteiger partial charge >= 0.3 is 0 Å². The van der Waals surface area contributed by atoms with Crippen LogP contribution in [0.2, 0.25) is 0 Å². The Balaban J connectivity index is 1.66. The fraction of sp³-hybridized carbons (Fsp3) is 0. The monoisotopic (exact) mass is 307 g/mol. The normalized spacial score (nSPS) is 10.1. The molecule has 0 amide bonds. The van der Waals surface area contributed by atoms with Crippen LogP contribution in [0.1, 0.15) is 0 Å². The van der Waals surface area contributed by atoms with Gasteiger partial charge in [-0.1, -0.05) is 18.2 Å². The van der Waals surface area contributed by atoms with Crippen LogP contribution in [0.25, 0.3) is 0 Å². The van der Waals surface area contributed by atoms with E-state index in [1.54, 1.807) is 12.3 Å². The maximum atomic E-state index is 10.6. The van der Waals surface area contributed by atoms with Crippen LogP contribution in [0.15, 0.2) is 67.0 Å². The minimum Gasteiger partial charge on any atom is -0.340 e. The van der Waals surface area contributed by atoms with Gasteiger partial charge < -0.3 is 10.6 Å². The maximum absolute atomic E-state index is 10.6. The van der Waals surface area contributed by atoms with E-state index in [0.29, 0.717) is 5.82 Å². The molecular formula is C16H13N5O2. The van der Waals surface area contributed by atoms with Crippen molar-refractivity contribution in [3.8, 4) is 0 Å².